The second kappa shape index (κ2) is 6.65. The molecule has 0 atom stereocenters. The van der Waals surface area contributed by atoms with Crippen molar-refractivity contribution < 1.29 is 19.1 Å². The van der Waals surface area contributed by atoms with Crippen molar-refractivity contribution in [1.29, 1.82) is 0 Å². The molecule has 0 unspecified atom stereocenters. The van der Waals surface area contributed by atoms with Crippen LogP contribution in [0.1, 0.15) is 27.8 Å². The fourth-order valence-corrected chi connectivity index (χ4v) is 1.72. The Bertz CT molecular complexity index is 634. The van der Waals surface area contributed by atoms with E-state index in [0.29, 0.717) is 17.9 Å². The second-order valence-corrected chi connectivity index (χ2v) is 4.17. The summed E-state index contributed by atoms with van der Waals surface area (Å²) in [6, 6.07) is 6.84. The summed E-state index contributed by atoms with van der Waals surface area (Å²) in [4.78, 5) is 23.3. The highest BCUT2D eigenvalue weighted by Crippen LogP contribution is 2.13. The molecule has 7 nitrogen and oxygen atoms in total. The fourth-order valence-electron chi connectivity index (χ4n) is 1.72. The first kappa shape index (κ1) is 14.7. The van der Waals surface area contributed by atoms with Gasteiger partial charge in [-0.15, -0.1) is 5.10 Å². The maximum absolute atomic E-state index is 12.1. The minimum atomic E-state index is -0.588. The maximum Gasteiger partial charge on any atom is 0.360 e. The van der Waals surface area contributed by atoms with Crippen LogP contribution >= 0.6 is 0 Å². The summed E-state index contributed by atoms with van der Waals surface area (Å²) >= 11 is 0. The molecule has 0 aliphatic carbocycles. The van der Waals surface area contributed by atoms with Crippen molar-refractivity contribution in [2.75, 3.05) is 13.7 Å². The molecule has 110 valence electrons. The third-order valence-electron chi connectivity index (χ3n) is 2.73. The van der Waals surface area contributed by atoms with Crippen molar-refractivity contribution in [3.05, 3.63) is 41.7 Å². The van der Waals surface area contributed by atoms with Gasteiger partial charge in [0.25, 0.3) is 0 Å². The first-order valence-electron chi connectivity index (χ1n) is 6.38. The lowest BCUT2D eigenvalue weighted by molar-refractivity contribution is 0.0593. The molecule has 2 aromatic rings. The Labute approximate surface area is 121 Å². The molecular formula is C14H15N3O4. The number of carbonyl (C=O) groups excluding carboxylic acids is 2. The van der Waals surface area contributed by atoms with Gasteiger partial charge in [-0.1, -0.05) is 5.21 Å². The van der Waals surface area contributed by atoms with Crippen molar-refractivity contribution in [3.8, 4) is 5.75 Å². The molecule has 0 N–H and O–H groups in total. The van der Waals surface area contributed by atoms with E-state index >= 15 is 0 Å². The summed E-state index contributed by atoms with van der Waals surface area (Å²) in [5.74, 6) is -0.0167. The predicted molar refractivity (Wildman–Crippen MR) is 73.3 cm³/mol. The number of Topliss-reactive ketones (excluding diaryl/α,β-unsaturated/α-hetero) is 1. The van der Waals surface area contributed by atoms with Crippen LogP contribution in [0.3, 0.4) is 0 Å². The smallest absolute Gasteiger partial charge is 0.360 e. The monoisotopic (exact) mass is 289 g/mol. The number of ketones is 1. The Morgan fingerprint density at radius 3 is 2.57 bits per heavy atom. The summed E-state index contributed by atoms with van der Waals surface area (Å²) in [7, 11) is 1.26. The highest BCUT2D eigenvalue weighted by Gasteiger charge is 2.13. The molecule has 0 aliphatic rings. The Hall–Kier alpha value is -2.70. The summed E-state index contributed by atoms with van der Waals surface area (Å²) in [6.07, 6.45) is 1.37. The van der Waals surface area contributed by atoms with Gasteiger partial charge in [-0.05, 0) is 31.2 Å². The molecule has 21 heavy (non-hydrogen) atoms. The van der Waals surface area contributed by atoms with Crippen LogP contribution in [0.15, 0.2) is 30.5 Å². The largest absolute Gasteiger partial charge is 0.494 e. The number of esters is 1. The van der Waals surface area contributed by atoms with E-state index in [4.69, 9.17) is 4.74 Å². The van der Waals surface area contributed by atoms with E-state index < -0.39 is 5.97 Å². The lowest BCUT2D eigenvalue weighted by Gasteiger charge is -2.04. The molecule has 0 saturated heterocycles. The molecule has 0 bridgehead atoms. The van der Waals surface area contributed by atoms with Gasteiger partial charge < -0.3 is 9.47 Å². The topological polar surface area (TPSA) is 83.3 Å². The molecule has 1 aromatic heterocycles. The average Bonchev–Trinajstić information content (AvgIpc) is 2.96. The molecule has 2 rings (SSSR count). The van der Waals surface area contributed by atoms with Crippen molar-refractivity contribution >= 4 is 11.8 Å². The molecule has 0 spiro atoms. The third kappa shape index (κ3) is 3.65. The Balaban J connectivity index is 2.03. The number of nitrogens with zero attached hydrogens (tertiary/aromatic N) is 3. The lowest BCUT2D eigenvalue weighted by Crippen LogP contribution is -2.11. The van der Waals surface area contributed by atoms with Gasteiger partial charge in [-0.25, -0.2) is 9.48 Å². The van der Waals surface area contributed by atoms with Gasteiger partial charge in [0.2, 0.25) is 0 Å². The van der Waals surface area contributed by atoms with Crippen LogP contribution in [0, 0.1) is 0 Å². The number of hydrogen-bond donors (Lipinski definition) is 0. The summed E-state index contributed by atoms with van der Waals surface area (Å²) in [5.41, 5.74) is 0.602. The number of benzene rings is 1. The minimum Gasteiger partial charge on any atom is -0.494 e. The zero-order valence-electron chi connectivity index (χ0n) is 11.8. The minimum absolute atomic E-state index is 0.00201. The number of carbonyl (C=O) groups is 2. The maximum atomic E-state index is 12.1. The molecule has 1 heterocycles. The average molecular weight is 289 g/mol. The van der Waals surface area contributed by atoms with Crippen LogP contribution in [-0.4, -0.2) is 40.5 Å². The van der Waals surface area contributed by atoms with E-state index in [0.717, 1.165) is 0 Å². The quantitative estimate of drug-likeness (QED) is 0.589. The highest BCUT2D eigenvalue weighted by molar-refractivity contribution is 5.96. The van der Waals surface area contributed by atoms with E-state index in [1.165, 1.54) is 18.0 Å². The highest BCUT2D eigenvalue weighted by atomic mass is 16.5. The van der Waals surface area contributed by atoms with Crippen molar-refractivity contribution in [2.45, 2.75) is 13.5 Å². The summed E-state index contributed by atoms with van der Waals surface area (Å²) in [6.45, 7) is 2.46. The van der Waals surface area contributed by atoms with E-state index in [-0.39, 0.29) is 18.0 Å². The molecule has 0 fully saturated rings. The van der Waals surface area contributed by atoms with E-state index in [1.54, 1.807) is 24.3 Å². The fraction of sp³-hybridized carbons (Fsp3) is 0.286. The van der Waals surface area contributed by atoms with Gasteiger partial charge in [0, 0.05) is 5.56 Å². The van der Waals surface area contributed by atoms with E-state index in [2.05, 4.69) is 15.0 Å². The molecule has 0 radical (unpaired) electrons. The van der Waals surface area contributed by atoms with Crippen LogP contribution in [0.4, 0.5) is 0 Å². The number of methoxy groups -OCH3 is 1. The molecule has 0 aliphatic heterocycles. The Morgan fingerprint density at radius 2 is 1.95 bits per heavy atom. The summed E-state index contributed by atoms with van der Waals surface area (Å²) < 4.78 is 11.1. The van der Waals surface area contributed by atoms with Crippen LogP contribution in [0.2, 0.25) is 0 Å². The van der Waals surface area contributed by atoms with Crippen LogP contribution in [-0.2, 0) is 11.3 Å². The van der Waals surface area contributed by atoms with Gasteiger partial charge in [0.15, 0.2) is 11.5 Å². The number of hydrogen-bond acceptors (Lipinski definition) is 6. The predicted octanol–water partition coefficient (Wildman–Crippen LogP) is 1.35. The van der Waals surface area contributed by atoms with E-state index in [1.807, 2.05) is 6.92 Å². The third-order valence-corrected chi connectivity index (χ3v) is 2.73. The van der Waals surface area contributed by atoms with Gasteiger partial charge in [0.05, 0.1) is 19.9 Å². The molecule has 0 amide bonds. The molecule has 1 aromatic carbocycles. The normalized spacial score (nSPS) is 10.2. The Morgan fingerprint density at radius 1 is 1.24 bits per heavy atom. The first-order chi connectivity index (χ1) is 10.1. The zero-order chi connectivity index (χ0) is 15.2. The lowest BCUT2D eigenvalue weighted by atomic mass is 10.1. The number of aromatic nitrogens is 3. The number of ether oxygens (including phenoxy) is 2. The van der Waals surface area contributed by atoms with Crippen molar-refractivity contribution in [1.82, 2.24) is 15.0 Å². The molecule has 0 saturated carbocycles. The van der Waals surface area contributed by atoms with Crippen LogP contribution in [0.5, 0.6) is 5.75 Å². The van der Waals surface area contributed by atoms with Crippen molar-refractivity contribution in [2.24, 2.45) is 0 Å². The first-order valence-corrected chi connectivity index (χ1v) is 6.38. The molecular weight excluding hydrogens is 274 g/mol. The standard InChI is InChI=1S/C14H15N3O4/c1-3-21-11-6-4-10(5-7-11)13(18)9-17-8-12(15-16-17)14(19)20-2/h4-8H,3,9H2,1-2H3. The van der Waals surface area contributed by atoms with Gasteiger partial charge in [-0.3, -0.25) is 4.79 Å². The summed E-state index contributed by atoms with van der Waals surface area (Å²) in [5, 5.41) is 7.36. The second-order valence-electron chi connectivity index (χ2n) is 4.17. The van der Waals surface area contributed by atoms with Gasteiger partial charge in [0.1, 0.15) is 12.3 Å². The van der Waals surface area contributed by atoms with E-state index in [9.17, 15) is 9.59 Å². The van der Waals surface area contributed by atoms with Crippen LogP contribution in [0.25, 0.3) is 0 Å². The van der Waals surface area contributed by atoms with Gasteiger partial charge >= 0.3 is 5.97 Å². The molecule has 7 heteroatoms. The number of rotatable bonds is 6. The van der Waals surface area contributed by atoms with Gasteiger partial charge in [-0.2, -0.15) is 0 Å². The zero-order valence-corrected chi connectivity index (χ0v) is 11.8. The SMILES string of the molecule is CCOc1ccc(C(=O)Cn2cc(C(=O)OC)nn2)cc1. The van der Waals surface area contributed by atoms with Crippen LogP contribution < -0.4 is 4.74 Å². The Kier molecular flexibility index (Phi) is 4.65. The van der Waals surface area contributed by atoms with Crippen molar-refractivity contribution in [3.63, 3.8) is 0 Å².